The van der Waals surface area contributed by atoms with Crippen molar-refractivity contribution in [1.29, 1.82) is 0 Å². The SMILES string of the molecule is Nc1ccccc1OCC(=O)OCc1cncc(Br)c1. The van der Waals surface area contributed by atoms with Gasteiger partial charge in [0.05, 0.1) is 5.69 Å². The molecule has 1 heterocycles. The molecule has 0 atom stereocenters. The molecule has 0 radical (unpaired) electrons. The molecule has 0 fully saturated rings. The maximum atomic E-state index is 11.6. The van der Waals surface area contributed by atoms with Crippen LogP contribution in [0.4, 0.5) is 5.69 Å². The van der Waals surface area contributed by atoms with Gasteiger partial charge in [-0.15, -0.1) is 0 Å². The molecular weight excluding hydrogens is 324 g/mol. The average molecular weight is 337 g/mol. The Kier molecular flexibility index (Phi) is 4.95. The summed E-state index contributed by atoms with van der Waals surface area (Å²) < 4.78 is 11.2. The van der Waals surface area contributed by atoms with E-state index in [4.69, 9.17) is 15.2 Å². The second kappa shape index (κ2) is 6.91. The number of benzene rings is 1. The lowest BCUT2D eigenvalue weighted by Gasteiger charge is -2.08. The highest BCUT2D eigenvalue weighted by molar-refractivity contribution is 9.10. The number of pyridine rings is 1. The summed E-state index contributed by atoms with van der Waals surface area (Å²) in [5.74, 6) is 0.00167. The van der Waals surface area contributed by atoms with Crippen LogP contribution in [-0.4, -0.2) is 17.6 Å². The largest absolute Gasteiger partial charge is 0.480 e. The highest BCUT2D eigenvalue weighted by atomic mass is 79.9. The Balaban J connectivity index is 1.80. The van der Waals surface area contributed by atoms with Crippen LogP contribution in [0.15, 0.2) is 47.2 Å². The first-order valence-electron chi connectivity index (χ1n) is 5.87. The molecule has 6 heteroatoms. The Bertz CT molecular complexity index is 604. The molecule has 104 valence electrons. The second-order valence-corrected chi connectivity index (χ2v) is 4.91. The molecule has 0 saturated carbocycles. The van der Waals surface area contributed by atoms with Crippen LogP contribution in [0.25, 0.3) is 0 Å². The van der Waals surface area contributed by atoms with Crippen molar-refractivity contribution < 1.29 is 14.3 Å². The van der Waals surface area contributed by atoms with E-state index in [1.807, 2.05) is 6.07 Å². The number of anilines is 1. The number of hydrogen-bond acceptors (Lipinski definition) is 5. The van der Waals surface area contributed by atoms with Crippen LogP contribution in [0.1, 0.15) is 5.56 Å². The van der Waals surface area contributed by atoms with Gasteiger partial charge in [-0.05, 0) is 34.1 Å². The molecule has 20 heavy (non-hydrogen) atoms. The Labute approximate surface area is 124 Å². The second-order valence-electron chi connectivity index (χ2n) is 4.00. The lowest BCUT2D eigenvalue weighted by molar-refractivity contribution is -0.147. The molecule has 0 unspecified atom stereocenters. The maximum absolute atomic E-state index is 11.6. The van der Waals surface area contributed by atoms with Gasteiger partial charge in [-0.2, -0.15) is 0 Å². The Morgan fingerprint density at radius 3 is 2.85 bits per heavy atom. The quantitative estimate of drug-likeness (QED) is 0.670. The summed E-state index contributed by atoms with van der Waals surface area (Å²) in [5, 5.41) is 0. The van der Waals surface area contributed by atoms with Crippen LogP contribution >= 0.6 is 15.9 Å². The zero-order valence-electron chi connectivity index (χ0n) is 10.6. The number of aromatic nitrogens is 1. The molecule has 2 aromatic rings. The molecule has 2 rings (SSSR count). The molecule has 2 N–H and O–H groups in total. The van der Waals surface area contributed by atoms with Crippen molar-refractivity contribution in [2.45, 2.75) is 6.61 Å². The van der Waals surface area contributed by atoms with E-state index in [1.54, 1.807) is 36.7 Å². The first-order valence-corrected chi connectivity index (χ1v) is 6.67. The topological polar surface area (TPSA) is 74.4 Å². The van der Waals surface area contributed by atoms with Crippen molar-refractivity contribution in [1.82, 2.24) is 4.98 Å². The first kappa shape index (κ1) is 14.3. The number of esters is 1. The van der Waals surface area contributed by atoms with Crippen LogP contribution in [0.2, 0.25) is 0 Å². The zero-order valence-corrected chi connectivity index (χ0v) is 12.2. The van der Waals surface area contributed by atoms with Crippen molar-refractivity contribution in [3.8, 4) is 5.75 Å². The third-order valence-electron chi connectivity index (χ3n) is 2.43. The molecule has 0 bridgehead atoms. The predicted octanol–water partition coefficient (Wildman–Crippen LogP) is 2.55. The highest BCUT2D eigenvalue weighted by Crippen LogP contribution is 2.19. The van der Waals surface area contributed by atoms with Gasteiger partial charge in [0.2, 0.25) is 0 Å². The molecule has 5 nitrogen and oxygen atoms in total. The smallest absolute Gasteiger partial charge is 0.344 e. The van der Waals surface area contributed by atoms with Crippen LogP contribution < -0.4 is 10.5 Å². The van der Waals surface area contributed by atoms with Gasteiger partial charge in [0.25, 0.3) is 0 Å². The third kappa shape index (κ3) is 4.24. The molecule has 0 saturated heterocycles. The van der Waals surface area contributed by atoms with E-state index >= 15 is 0 Å². The number of para-hydroxylation sites is 2. The maximum Gasteiger partial charge on any atom is 0.344 e. The fourth-order valence-corrected chi connectivity index (χ4v) is 1.90. The van der Waals surface area contributed by atoms with Gasteiger partial charge in [0.1, 0.15) is 12.4 Å². The first-order chi connectivity index (χ1) is 9.65. The fraction of sp³-hybridized carbons (Fsp3) is 0.143. The molecular formula is C14H13BrN2O3. The minimum Gasteiger partial charge on any atom is -0.480 e. The van der Waals surface area contributed by atoms with Gasteiger partial charge >= 0.3 is 5.97 Å². The fourth-order valence-electron chi connectivity index (χ4n) is 1.49. The van der Waals surface area contributed by atoms with Gasteiger partial charge in [0, 0.05) is 22.4 Å². The number of rotatable bonds is 5. The summed E-state index contributed by atoms with van der Waals surface area (Å²) in [6.45, 7) is -0.0332. The summed E-state index contributed by atoms with van der Waals surface area (Å²) in [5.41, 5.74) is 6.98. The number of carbonyl (C=O) groups excluding carboxylic acids is 1. The molecule has 1 aromatic carbocycles. The van der Waals surface area contributed by atoms with Gasteiger partial charge in [-0.1, -0.05) is 12.1 Å². The molecule has 0 amide bonds. The molecule has 0 aliphatic heterocycles. The van der Waals surface area contributed by atoms with E-state index in [0.717, 1.165) is 10.0 Å². The summed E-state index contributed by atoms with van der Waals surface area (Å²) in [6, 6.07) is 8.80. The van der Waals surface area contributed by atoms with E-state index in [0.29, 0.717) is 11.4 Å². The van der Waals surface area contributed by atoms with Gasteiger partial charge < -0.3 is 15.2 Å². The number of carbonyl (C=O) groups is 1. The molecule has 0 aliphatic carbocycles. The monoisotopic (exact) mass is 336 g/mol. The number of ether oxygens (including phenoxy) is 2. The minimum absolute atomic E-state index is 0.152. The summed E-state index contributed by atoms with van der Waals surface area (Å²) in [4.78, 5) is 15.5. The molecule has 1 aromatic heterocycles. The standard InChI is InChI=1S/C14H13BrN2O3/c15-11-5-10(6-17-7-11)8-20-14(18)9-19-13-4-2-1-3-12(13)16/h1-7H,8-9,16H2. The Morgan fingerprint density at radius 2 is 2.10 bits per heavy atom. The number of nitrogen functional groups attached to an aromatic ring is 1. The van der Waals surface area contributed by atoms with E-state index < -0.39 is 5.97 Å². The minimum atomic E-state index is -0.465. The van der Waals surface area contributed by atoms with Crippen molar-refractivity contribution in [2.75, 3.05) is 12.3 Å². The van der Waals surface area contributed by atoms with Gasteiger partial charge in [-0.25, -0.2) is 4.79 Å². The number of halogens is 1. The average Bonchev–Trinajstić information content (AvgIpc) is 2.44. The Hall–Kier alpha value is -2.08. The lowest BCUT2D eigenvalue weighted by atomic mass is 10.3. The highest BCUT2D eigenvalue weighted by Gasteiger charge is 2.06. The summed E-state index contributed by atoms with van der Waals surface area (Å²) >= 11 is 3.30. The van der Waals surface area contributed by atoms with Gasteiger partial charge in [-0.3, -0.25) is 4.98 Å². The van der Waals surface area contributed by atoms with Crippen molar-refractivity contribution >= 4 is 27.6 Å². The summed E-state index contributed by atoms with van der Waals surface area (Å²) in [6.07, 6.45) is 3.29. The van der Waals surface area contributed by atoms with E-state index in [1.165, 1.54) is 0 Å². The predicted molar refractivity (Wildman–Crippen MR) is 78.1 cm³/mol. The van der Waals surface area contributed by atoms with E-state index in [2.05, 4.69) is 20.9 Å². The molecule has 0 spiro atoms. The molecule has 0 aliphatic rings. The third-order valence-corrected chi connectivity index (χ3v) is 2.86. The Morgan fingerprint density at radius 1 is 1.30 bits per heavy atom. The van der Waals surface area contributed by atoms with Crippen molar-refractivity contribution in [3.63, 3.8) is 0 Å². The lowest BCUT2D eigenvalue weighted by Crippen LogP contribution is -2.15. The summed E-state index contributed by atoms with van der Waals surface area (Å²) in [7, 11) is 0. The van der Waals surface area contributed by atoms with E-state index in [-0.39, 0.29) is 13.2 Å². The normalized spacial score (nSPS) is 10.1. The number of nitrogens with two attached hydrogens (primary N) is 1. The van der Waals surface area contributed by atoms with Crippen LogP contribution in [0.5, 0.6) is 5.75 Å². The van der Waals surface area contributed by atoms with Crippen LogP contribution in [0, 0.1) is 0 Å². The zero-order chi connectivity index (χ0) is 14.4. The van der Waals surface area contributed by atoms with Crippen molar-refractivity contribution in [2.24, 2.45) is 0 Å². The van der Waals surface area contributed by atoms with E-state index in [9.17, 15) is 4.79 Å². The van der Waals surface area contributed by atoms with Crippen LogP contribution in [0.3, 0.4) is 0 Å². The van der Waals surface area contributed by atoms with Crippen LogP contribution in [-0.2, 0) is 16.1 Å². The van der Waals surface area contributed by atoms with Gasteiger partial charge in [0.15, 0.2) is 6.61 Å². The number of nitrogens with zero attached hydrogens (tertiary/aromatic N) is 1. The van der Waals surface area contributed by atoms with Crippen molar-refractivity contribution in [3.05, 3.63) is 52.8 Å². The number of hydrogen-bond donors (Lipinski definition) is 1.